The Morgan fingerprint density at radius 2 is 1.69 bits per heavy atom. The third-order valence-electron chi connectivity index (χ3n) is 5.32. The molecule has 1 aliphatic rings. The van der Waals surface area contributed by atoms with Gasteiger partial charge in [0.1, 0.15) is 5.69 Å². The lowest BCUT2D eigenvalue weighted by Crippen LogP contribution is -2.47. The molecule has 174 valence electrons. The van der Waals surface area contributed by atoms with E-state index in [4.69, 9.17) is 0 Å². The molecular formula is C22H31N5O4S. The van der Waals surface area contributed by atoms with Crippen molar-refractivity contribution in [2.45, 2.75) is 31.3 Å². The van der Waals surface area contributed by atoms with E-state index in [1.807, 2.05) is 6.07 Å². The molecule has 0 aromatic heterocycles. The molecule has 0 aliphatic carbocycles. The van der Waals surface area contributed by atoms with Crippen LogP contribution in [-0.2, 0) is 16.6 Å². The summed E-state index contributed by atoms with van der Waals surface area (Å²) in [5.41, 5.74) is 1.38. The number of nitro groups is 1. The number of nitro benzene ring substituents is 1. The van der Waals surface area contributed by atoms with Crippen LogP contribution >= 0.6 is 0 Å². The van der Waals surface area contributed by atoms with Gasteiger partial charge in [0.15, 0.2) is 0 Å². The zero-order chi connectivity index (χ0) is 23.1. The van der Waals surface area contributed by atoms with Gasteiger partial charge in [0.05, 0.1) is 9.82 Å². The third kappa shape index (κ3) is 6.73. The summed E-state index contributed by atoms with van der Waals surface area (Å²) in [6.07, 6.45) is 0. The molecule has 32 heavy (non-hydrogen) atoms. The average molecular weight is 462 g/mol. The number of anilines is 1. The standard InChI is InChI=1S/C22H31N5O4S/c1-18(2)24-32(30,31)20-8-9-21(22(16-20)27(28)29)23-10-11-25-12-14-26(15-13-25)17-19-6-4-3-5-7-19/h3-9,16,18,23-24H,10-15,17H2,1-2H3. The molecule has 0 unspecified atom stereocenters. The second-order valence-electron chi connectivity index (χ2n) is 8.24. The van der Waals surface area contributed by atoms with Crippen molar-refractivity contribution in [3.8, 4) is 0 Å². The number of rotatable bonds is 10. The molecule has 1 saturated heterocycles. The Bertz CT molecular complexity index is 1010. The van der Waals surface area contributed by atoms with Crippen LogP contribution in [0.1, 0.15) is 19.4 Å². The van der Waals surface area contributed by atoms with Crippen LogP contribution in [0.4, 0.5) is 11.4 Å². The molecule has 2 aromatic rings. The summed E-state index contributed by atoms with van der Waals surface area (Å²) in [4.78, 5) is 15.6. The maximum atomic E-state index is 12.3. The first-order valence-corrected chi connectivity index (χ1v) is 12.3. The van der Waals surface area contributed by atoms with Gasteiger partial charge in [0.25, 0.3) is 5.69 Å². The van der Waals surface area contributed by atoms with E-state index in [2.05, 4.69) is 44.1 Å². The minimum Gasteiger partial charge on any atom is -0.378 e. The second-order valence-corrected chi connectivity index (χ2v) is 9.96. The van der Waals surface area contributed by atoms with Gasteiger partial charge < -0.3 is 5.32 Å². The summed E-state index contributed by atoms with van der Waals surface area (Å²) in [6.45, 7) is 9.46. The zero-order valence-electron chi connectivity index (χ0n) is 18.5. The van der Waals surface area contributed by atoms with Gasteiger partial charge in [-0.25, -0.2) is 13.1 Å². The minimum atomic E-state index is -3.79. The lowest BCUT2D eigenvalue weighted by molar-refractivity contribution is -0.384. The first-order chi connectivity index (χ1) is 15.2. The Morgan fingerprint density at radius 1 is 1.03 bits per heavy atom. The van der Waals surface area contributed by atoms with E-state index in [0.29, 0.717) is 12.2 Å². The summed E-state index contributed by atoms with van der Waals surface area (Å²) >= 11 is 0. The van der Waals surface area contributed by atoms with Gasteiger partial charge in [0, 0.05) is 57.9 Å². The van der Waals surface area contributed by atoms with Gasteiger partial charge in [0.2, 0.25) is 10.0 Å². The van der Waals surface area contributed by atoms with Crippen molar-refractivity contribution < 1.29 is 13.3 Å². The summed E-state index contributed by atoms with van der Waals surface area (Å²) in [5.74, 6) is 0. The van der Waals surface area contributed by atoms with Crippen LogP contribution < -0.4 is 10.0 Å². The monoisotopic (exact) mass is 461 g/mol. The van der Waals surface area contributed by atoms with E-state index in [-0.39, 0.29) is 16.6 Å². The number of piperazine rings is 1. The van der Waals surface area contributed by atoms with Crippen LogP contribution in [0.25, 0.3) is 0 Å². The fraction of sp³-hybridized carbons (Fsp3) is 0.455. The maximum Gasteiger partial charge on any atom is 0.293 e. The van der Waals surface area contributed by atoms with Crippen molar-refractivity contribution in [2.75, 3.05) is 44.6 Å². The Hall–Kier alpha value is -2.53. The minimum absolute atomic E-state index is 0.113. The van der Waals surface area contributed by atoms with Crippen LogP contribution in [0, 0.1) is 10.1 Å². The topological polar surface area (TPSA) is 108 Å². The van der Waals surface area contributed by atoms with E-state index in [1.165, 1.54) is 17.7 Å². The summed E-state index contributed by atoms with van der Waals surface area (Å²) in [5, 5.41) is 14.6. The molecule has 0 radical (unpaired) electrons. The van der Waals surface area contributed by atoms with Crippen LogP contribution in [0.15, 0.2) is 53.4 Å². The third-order valence-corrected chi connectivity index (χ3v) is 6.98. The first-order valence-electron chi connectivity index (χ1n) is 10.8. The molecule has 1 heterocycles. The van der Waals surface area contributed by atoms with E-state index in [1.54, 1.807) is 13.8 Å². The first kappa shape index (κ1) is 24.1. The molecule has 0 atom stereocenters. The Morgan fingerprint density at radius 3 is 2.31 bits per heavy atom. The van der Waals surface area contributed by atoms with Crippen molar-refractivity contribution in [1.82, 2.24) is 14.5 Å². The predicted molar refractivity (Wildman–Crippen MR) is 125 cm³/mol. The highest BCUT2D eigenvalue weighted by Crippen LogP contribution is 2.27. The normalized spacial score (nSPS) is 15.7. The van der Waals surface area contributed by atoms with Crippen molar-refractivity contribution >= 4 is 21.4 Å². The van der Waals surface area contributed by atoms with Gasteiger partial charge in [-0.1, -0.05) is 30.3 Å². The molecule has 0 amide bonds. The fourth-order valence-electron chi connectivity index (χ4n) is 3.72. The van der Waals surface area contributed by atoms with E-state index < -0.39 is 14.9 Å². The number of nitrogens with zero attached hydrogens (tertiary/aromatic N) is 3. The number of sulfonamides is 1. The van der Waals surface area contributed by atoms with Crippen molar-refractivity contribution in [3.63, 3.8) is 0 Å². The number of benzene rings is 2. The van der Waals surface area contributed by atoms with Gasteiger partial charge in [-0.3, -0.25) is 19.9 Å². The molecule has 0 saturated carbocycles. The van der Waals surface area contributed by atoms with Crippen LogP contribution in [0.2, 0.25) is 0 Å². The number of hydrogen-bond donors (Lipinski definition) is 2. The van der Waals surface area contributed by atoms with E-state index in [9.17, 15) is 18.5 Å². The maximum absolute atomic E-state index is 12.3. The lowest BCUT2D eigenvalue weighted by atomic mass is 10.2. The smallest absolute Gasteiger partial charge is 0.293 e. The Labute approximate surface area is 189 Å². The molecule has 0 bridgehead atoms. The lowest BCUT2D eigenvalue weighted by Gasteiger charge is -2.34. The summed E-state index contributed by atoms with van der Waals surface area (Å²) in [7, 11) is -3.79. The molecule has 9 nitrogen and oxygen atoms in total. The van der Waals surface area contributed by atoms with Crippen LogP contribution in [0.3, 0.4) is 0 Å². The van der Waals surface area contributed by atoms with Crippen molar-refractivity contribution in [3.05, 3.63) is 64.2 Å². The van der Waals surface area contributed by atoms with E-state index in [0.717, 1.165) is 45.3 Å². The SMILES string of the molecule is CC(C)NS(=O)(=O)c1ccc(NCCN2CCN(Cc3ccccc3)CC2)c([N+](=O)[O-])c1. The van der Waals surface area contributed by atoms with Gasteiger partial charge in [-0.15, -0.1) is 0 Å². The molecule has 2 aromatic carbocycles. The van der Waals surface area contributed by atoms with Crippen molar-refractivity contribution in [1.29, 1.82) is 0 Å². The van der Waals surface area contributed by atoms with Crippen LogP contribution in [0.5, 0.6) is 0 Å². The van der Waals surface area contributed by atoms with Gasteiger partial charge >= 0.3 is 0 Å². The fourth-order valence-corrected chi connectivity index (χ4v) is 4.99. The average Bonchev–Trinajstić information content (AvgIpc) is 2.75. The van der Waals surface area contributed by atoms with Crippen LogP contribution in [-0.4, -0.2) is 68.5 Å². The zero-order valence-corrected chi connectivity index (χ0v) is 19.3. The highest BCUT2D eigenvalue weighted by atomic mass is 32.2. The predicted octanol–water partition coefficient (Wildman–Crippen LogP) is 2.51. The molecule has 1 fully saturated rings. The highest BCUT2D eigenvalue weighted by Gasteiger charge is 2.22. The highest BCUT2D eigenvalue weighted by molar-refractivity contribution is 7.89. The molecule has 1 aliphatic heterocycles. The van der Waals surface area contributed by atoms with Crippen molar-refractivity contribution in [2.24, 2.45) is 0 Å². The Kier molecular flexibility index (Phi) is 8.19. The molecule has 2 N–H and O–H groups in total. The Balaban J connectivity index is 1.52. The molecule has 3 rings (SSSR count). The van der Waals surface area contributed by atoms with E-state index >= 15 is 0 Å². The quantitative estimate of drug-likeness (QED) is 0.413. The molecule has 0 spiro atoms. The number of hydrogen-bond acceptors (Lipinski definition) is 7. The second kappa shape index (κ2) is 10.9. The molecular weight excluding hydrogens is 430 g/mol. The molecule has 10 heteroatoms. The largest absolute Gasteiger partial charge is 0.378 e. The number of nitrogens with one attached hydrogen (secondary N) is 2. The van der Waals surface area contributed by atoms with Gasteiger partial charge in [-0.05, 0) is 31.5 Å². The summed E-state index contributed by atoms with van der Waals surface area (Å²) in [6, 6.07) is 14.1. The summed E-state index contributed by atoms with van der Waals surface area (Å²) < 4.78 is 27.1. The van der Waals surface area contributed by atoms with Gasteiger partial charge in [-0.2, -0.15) is 0 Å².